The molecule has 4 nitrogen and oxygen atoms in total. The zero-order chi connectivity index (χ0) is 14.9. The molecule has 0 aliphatic carbocycles. The normalized spacial score (nSPS) is 21.7. The summed E-state index contributed by atoms with van der Waals surface area (Å²) >= 11 is 0. The summed E-state index contributed by atoms with van der Waals surface area (Å²) in [6, 6.07) is 5.61. The van der Waals surface area contributed by atoms with Crippen molar-refractivity contribution in [3.05, 3.63) is 34.7 Å². The summed E-state index contributed by atoms with van der Waals surface area (Å²) in [7, 11) is -3.33. The molecular formula is C16H22N2O2S. The topological polar surface area (TPSA) is 63.4 Å². The predicted molar refractivity (Wildman–Crippen MR) is 84.4 cm³/mol. The molecule has 0 radical (unpaired) electrons. The molecule has 2 heterocycles. The number of rotatable bonds is 3. The Kier molecular flexibility index (Phi) is 4.15. The van der Waals surface area contributed by atoms with Gasteiger partial charge in [-0.1, -0.05) is 31.0 Å². The SMILES string of the molecule is NCc1cccc2c1S(=O)(=O)C=C2CN1CCCCCC1. The van der Waals surface area contributed by atoms with Crippen LogP contribution in [0.1, 0.15) is 36.8 Å². The third-order valence-corrected chi connectivity index (χ3v) is 5.98. The summed E-state index contributed by atoms with van der Waals surface area (Å²) < 4.78 is 24.8. The molecule has 0 atom stereocenters. The average molecular weight is 306 g/mol. The van der Waals surface area contributed by atoms with E-state index in [1.54, 1.807) is 6.07 Å². The minimum absolute atomic E-state index is 0.257. The first-order valence-electron chi connectivity index (χ1n) is 7.62. The number of nitrogens with two attached hydrogens (primary N) is 1. The van der Waals surface area contributed by atoms with Crippen LogP contribution in [-0.2, 0) is 16.4 Å². The maximum Gasteiger partial charge on any atom is 0.201 e. The highest BCUT2D eigenvalue weighted by Gasteiger charge is 2.30. The lowest BCUT2D eigenvalue weighted by Crippen LogP contribution is -2.26. The summed E-state index contributed by atoms with van der Waals surface area (Å²) in [4.78, 5) is 2.80. The minimum atomic E-state index is -3.33. The first-order chi connectivity index (χ1) is 10.1. The molecular weight excluding hydrogens is 284 g/mol. The van der Waals surface area contributed by atoms with E-state index in [9.17, 15) is 8.42 Å². The Labute approximate surface area is 126 Å². The zero-order valence-electron chi connectivity index (χ0n) is 12.2. The molecule has 21 heavy (non-hydrogen) atoms. The van der Waals surface area contributed by atoms with Crippen molar-refractivity contribution >= 4 is 15.4 Å². The lowest BCUT2D eigenvalue weighted by atomic mass is 10.0. The molecule has 2 aliphatic rings. The van der Waals surface area contributed by atoms with Gasteiger partial charge in [0, 0.05) is 18.5 Å². The van der Waals surface area contributed by atoms with Crippen LogP contribution in [0.5, 0.6) is 0 Å². The van der Waals surface area contributed by atoms with E-state index in [4.69, 9.17) is 5.73 Å². The van der Waals surface area contributed by atoms with Gasteiger partial charge in [-0.2, -0.15) is 0 Å². The quantitative estimate of drug-likeness (QED) is 0.929. The van der Waals surface area contributed by atoms with Crippen LogP contribution in [0.4, 0.5) is 0 Å². The van der Waals surface area contributed by atoms with E-state index >= 15 is 0 Å². The van der Waals surface area contributed by atoms with Crippen molar-refractivity contribution in [3.63, 3.8) is 0 Å². The lowest BCUT2D eigenvalue weighted by Gasteiger charge is -2.20. The Hall–Kier alpha value is -1.17. The van der Waals surface area contributed by atoms with E-state index in [-0.39, 0.29) is 6.54 Å². The van der Waals surface area contributed by atoms with Crippen LogP contribution < -0.4 is 5.73 Å². The molecule has 0 spiro atoms. The van der Waals surface area contributed by atoms with E-state index in [0.29, 0.717) is 4.90 Å². The average Bonchev–Trinajstić information content (AvgIpc) is 2.64. The van der Waals surface area contributed by atoms with Crippen molar-refractivity contribution in [1.29, 1.82) is 0 Å². The highest BCUT2D eigenvalue weighted by atomic mass is 32.2. The molecule has 0 bridgehead atoms. The van der Waals surface area contributed by atoms with Crippen molar-refractivity contribution in [1.82, 2.24) is 4.90 Å². The number of fused-ring (bicyclic) bond motifs is 1. The van der Waals surface area contributed by atoms with Crippen LogP contribution in [0, 0.1) is 0 Å². The van der Waals surface area contributed by atoms with E-state index in [2.05, 4.69) is 4.90 Å². The van der Waals surface area contributed by atoms with Gasteiger partial charge in [0.15, 0.2) is 0 Å². The third-order valence-electron chi connectivity index (χ3n) is 4.34. The Morgan fingerprint density at radius 1 is 1.10 bits per heavy atom. The van der Waals surface area contributed by atoms with Gasteiger partial charge in [-0.3, -0.25) is 4.90 Å². The summed E-state index contributed by atoms with van der Waals surface area (Å²) in [5, 5.41) is 1.45. The van der Waals surface area contributed by atoms with E-state index < -0.39 is 9.84 Å². The van der Waals surface area contributed by atoms with E-state index in [1.165, 1.54) is 31.1 Å². The molecule has 1 aromatic carbocycles. The van der Waals surface area contributed by atoms with Crippen molar-refractivity contribution in [2.45, 2.75) is 37.1 Å². The molecule has 2 N–H and O–H groups in total. The number of likely N-dealkylation sites (tertiary alicyclic amines) is 1. The Morgan fingerprint density at radius 2 is 1.81 bits per heavy atom. The second-order valence-electron chi connectivity index (χ2n) is 5.88. The van der Waals surface area contributed by atoms with Gasteiger partial charge in [0.25, 0.3) is 0 Å². The Bertz CT molecular complexity index is 657. The fourth-order valence-electron chi connectivity index (χ4n) is 3.30. The zero-order valence-corrected chi connectivity index (χ0v) is 13.0. The Balaban J connectivity index is 1.92. The number of sulfone groups is 1. The van der Waals surface area contributed by atoms with Crippen molar-refractivity contribution in [3.8, 4) is 0 Å². The minimum Gasteiger partial charge on any atom is -0.326 e. The largest absolute Gasteiger partial charge is 0.326 e. The van der Waals surface area contributed by atoms with Gasteiger partial charge in [0.2, 0.25) is 9.84 Å². The molecule has 0 unspecified atom stereocenters. The molecule has 1 fully saturated rings. The van der Waals surface area contributed by atoms with Gasteiger partial charge in [-0.25, -0.2) is 8.42 Å². The molecule has 1 aromatic rings. The van der Waals surface area contributed by atoms with Crippen LogP contribution in [0.25, 0.3) is 5.57 Å². The van der Waals surface area contributed by atoms with Gasteiger partial charge in [0.05, 0.1) is 4.90 Å². The maximum absolute atomic E-state index is 12.4. The fourth-order valence-corrected chi connectivity index (χ4v) is 5.02. The summed E-state index contributed by atoms with van der Waals surface area (Å²) in [5.74, 6) is 0. The number of hydrogen-bond donors (Lipinski definition) is 1. The van der Waals surface area contributed by atoms with Gasteiger partial charge < -0.3 is 5.73 Å². The number of benzene rings is 1. The standard InChI is InChI=1S/C16H22N2O2S/c17-10-13-6-5-7-15-14(12-21(19,20)16(13)15)11-18-8-3-1-2-4-9-18/h5-7,12H,1-4,8-11,17H2. The predicted octanol–water partition coefficient (Wildman–Crippen LogP) is 2.15. The smallest absolute Gasteiger partial charge is 0.201 e. The van der Waals surface area contributed by atoms with Gasteiger partial charge in [-0.05, 0) is 42.6 Å². The van der Waals surface area contributed by atoms with Crippen LogP contribution >= 0.6 is 0 Å². The van der Waals surface area contributed by atoms with Crippen LogP contribution in [0.3, 0.4) is 0 Å². The highest BCUT2D eigenvalue weighted by Crippen LogP contribution is 2.36. The van der Waals surface area contributed by atoms with Gasteiger partial charge in [-0.15, -0.1) is 0 Å². The second kappa shape index (κ2) is 5.91. The molecule has 5 heteroatoms. The molecule has 2 aliphatic heterocycles. The van der Waals surface area contributed by atoms with Crippen molar-refractivity contribution in [2.24, 2.45) is 5.73 Å². The number of hydrogen-bond acceptors (Lipinski definition) is 4. The first kappa shape index (κ1) is 14.8. The van der Waals surface area contributed by atoms with Crippen molar-refractivity contribution in [2.75, 3.05) is 19.6 Å². The van der Waals surface area contributed by atoms with Crippen LogP contribution in [0.15, 0.2) is 28.5 Å². The third kappa shape index (κ3) is 2.91. The summed E-state index contributed by atoms with van der Waals surface area (Å²) in [6.07, 6.45) is 4.97. The van der Waals surface area contributed by atoms with Crippen molar-refractivity contribution < 1.29 is 8.42 Å². The van der Waals surface area contributed by atoms with Crippen LogP contribution in [0.2, 0.25) is 0 Å². The Morgan fingerprint density at radius 3 is 2.48 bits per heavy atom. The molecule has 114 valence electrons. The monoisotopic (exact) mass is 306 g/mol. The molecule has 0 aromatic heterocycles. The van der Waals surface area contributed by atoms with Crippen LogP contribution in [-0.4, -0.2) is 33.0 Å². The first-order valence-corrected chi connectivity index (χ1v) is 9.17. The molecule has 3 rings (SSSR count). The lowest BCUT2D eigenvalue weighted by molar-refractivity contribution is 0.320. The van der Waals surface area contributed by atoms with E-state index in [1.807, 2.05) is 12.1 Å². The van der Waals surface area contributed by atoms with Gasteiger partial charge >= 0.3 is 0 Å². The molecule has 0 amide bonds. The van der Waals surface area contributed by atoms with E-state index in [0.717, 1.165) is 36.3 Å². The highest BCUT2D eigenvalue weighted by molar-refractivity contribution is 7.95. The fraction of sp³-hybridized carbons (Fsp3) is 0.500. The number of nitrogens with zero attached hydrogens (tertiary/aromatic N) is 1. The molecule has 0 saturated carbocycles. The van der Waals surface area contributed by atoms with Gasteiger partial charge in [0.1, 0.15) is 0 Å². The maximum atomic E-state index is 12.4. The second-order valence-corrected chi connectivity index (χ2v) is 7.61. The summed E-state index contributed by atoms with van der Waals surface area (Å²) in [6.45, 7) is 3.10. The summed E-state index contributed by atoms with van der Waals surface area (Å²) in [5.41, 5.74) is 8.18. The molecule has 1 saturated heterocycles.